The highest BCUT2D eigenvalue weighted by Crippen LogP contribution is 2.39. The quantitative estimate of drug-likeness (QED) is 0.804. The average molecular weight is 252 g/mol. The molecule has 0 atom stereocenters. The van der Waals surface area contributed by atoms with Gasteiger partial charge in [0.2, 0.25) is 0 Å². The Balaban J connectivity index is 2.11. The molecule has 1 saturated carbocycles. The smallest absolute Gasteiger partial charge is 0.170 e. The molecule has 0 saturated heterocycles. The van der Waals surface area contributed by atoms with Crippen LogP contribution in [0.3, 0.4) is 0 Å². The molecule has 4 heteroatoms. The van der Waals surface area contributed by atoms with Crippen LogP contribution in [0.1, 0.15) is 37.3 Å². The first-order chi connectivity index (χ1) is 8.29. The van der Waals surface area contributed by atoms with E-state index >= 15 is 0 Å². The lowest BCUT2D eigenvalue weighted by atomic mass is 10.0. The zero-order valence-corrected chi connectivity index (χ0v) is 10.5. The van der Waals surface area contributed by atoms with E-state index in [2.05, 4.69) is 5.16 Å². The fraction of sp³-hybridized carbons (Fsp3) is 0.462. The minimum atomic E-state index is 0.528. The third-order valence-electron chi connectivity index (χ3n) is 3.51. The normalized spacial score (nSPS) is 16.8. The predicted molar refractivity (Wildman–Crippen MR) is 66.8 cm³/mol. The Hall–Kier alpha value is -1.22. The van der Waals surface area contributed by atoms with Crippen LogP contribution >= 0.6 is 11.6 Å². The Morgan fingerprint density at radius 2 is 2.12 bits per heavy atom. The zero-order chi connectivity index (χ0) is 11.8. The first-order valence-corrected chi connectivity index (χ1v) is 6.30. The average Bonchev–Trinajstić information content (AvgIpc) is 2.95. The highest BCUT2D eigenvalue weighted by molar-refractivity contribution is 6.32. The minimum absolute atomic E-state index is 0.528. The summed E-state index contributed by atoms with van der Waals surface area (Å²) in [5.41, 5.74) is 1.82. The number of hydrogen-bond acceptors (Lipinski definition) is 3. The number of rotatable bonds is 2. The number of methoxy groups -OCH3 is 1. The van der Waals surface area contributed by atoms with Gasteiger partial charge in [0.15, 0.2) is 5.58 Å². The van der Waals surface area contributed by atoms with Crippen LogP contribution in [0.15, 0.2) is 16.7 Å². The molecule has 1 fully saturated rings. The van der Waals surface area contributed by atoms with Crippen molar-refractivity contribution in [3.8, 4) is 5.75 Å². The van der Waals surface area contributed by atoms with E-state index in [9.17, 15) is 0 Å². The summed E-state index contributed by atoms with van der Waals surface area (Å²) >= 11 is 6.14. The van der Waals surface area contributed by atoms with Gasteiger partial charge in [-0.15, -0.1) is 0 Å². The number of hydrogen-bond donors (Lipinski definition) is 0. The minimum Gasteiger partial charge on any atom is -0.495 e. The fourth-order valence-corrected chi connectivity index (χ4v) is 2.85. The second kappa shape index (κ2) is 4.22. The molecule has 0 aliphatic heterocycles. The number of nitrogens with zero attached hydrogens (tertiary/aromatic N) is 1. The number of halogens is 1. The number of fused-ring (bicyclic) bond motifs is 1. The topological polar surface area (TPSA) is 35.3 Å². The molecular weight excluding hydrogens is 238 g/mol. The van der Waals surface area contributed by atoms with E-state index in [1.807, 2.05) is 12.1 Å². The summed E-state index contributed by atoms with van der Waals surface area (Å²) in [5, 5.41) is 5.85. The van der Waals surface area contributed by atoms with Crippen molar-refractivity contribution in [1.29, 1.82) is 0 Å². The Kier molecular flexibility index (Phi) is 2.71. The van der Waals surface area contributed by atoms with Crippen molar-refractivity contribution in [2.75, 3.05) is 7.11 Å². The van der Waals surface area contributed by atoms with Gasteiger partial charge in [-0.2, -0.15) is 0 Å². The maximum Gasteiger partial charge on any atom is 0.170 e. The van der Waals surface area contributed by atoms with Gasteiger partial charge in [0.05, 0.1) is 17.8 Å². The first-order valence-electron chi connectivity index (χ1n) is 5.92. The highest BCUT2D eigenvalue weighted by Gasteiger charge is 2.23. The largest absolute Gasteiger partial charge is 0.495 e. The summed E-state index contributed by atoms with van der Waals surface area (Å²) in [6.07, 6.45) is 4.96. The van der Waals surface area contributed by atoms with Crippen molar-refractivity contribution in [3.05, 3.63) is 22.8 Å². The molecule has 1 aromatic heterocycles. The SMILES string of the molecule is COc1cc2onc(C3CCCC3)c2cc1Cl. The van der Waals surface area contributed by atoms with Crippen LogP contribution in [0.4, 0.5) is 0 Å². The van der Waals surface area contributed by atoms with Crippen molar-refractivity contribution in [1.82, 2.24) is 5.16 Å². The molecule has 0 spiro atoms. The zero-order valence-electron chi connectivity index (χ0n) is 9.70. The van der Waals surface area contributed by atoms with E-state index in [4.69, 9.17) is 20.9 Å². The van der Waals surface area contributed by atoms with Crippen LogP contribution < -0.4 is 4.74 Å². The number of ether oxygens (including phenoxy) is 1. The van der Waals surface area contributed by atoms with E-state index < -0.39 is 0 Å². The lowest BCUT2D eigenvalue weighted by molar-refractivity contribution is 0.410. The van der Waals surface area contributed by atoms with Gasteiger partial charge in [0.25, 0.3) is 0 Å². The third kappa shape index (κ3) is 1.78. The van der Waals surface area contributed by atoms with Crippen molar-refractivity contribution in [2.45, 2.75) is 31.6 Å². The van der Waals surface area contributed by atoms with Crippen LogP contribution in [-0.2, 0) is 0 Å². The second-order valence-corrected chi connectivity index (χ2v) is 4.94. The van der Waals surface area contributed by atoms with Crippen LogP contribution in [0.25, 0.3) is 11.0 Å². The van der Waals surface area contributed by atoms with Gasteiger partial charge in [-0.1, -0.05) is 29.6 Å². The van der Waals surface area contributed by atoms with Gasteiger partial charge in [0, 0.05) is 17.4 Å². The molecule has 0 radical (unpaired) electrons. The Morgan fingerprint density at radius 3 is 2.82 bits per heavy atom. The molecule has 1 aliphatic carbocycles. The molecular formula is C13H14ClNO2. The molecule has 2 aromatic rings. The third-order valence-corrected chi connectivity index (χ3v) is 3.81. The molecule has 1 aliphatic rings. The molecule has 0 bridgehead atoms. The van der Waals surface area contributed by atoms with Crippen molar-refractivity contribution < 1.29 is 9.26 Å². The van der Waals surface area contributed by atoms with Gasteiger partial charge in [-0.3, -0.25) is 0 Å². The van der Waals surface area contributed by atoms with Crippen LogP contribution in [0.5, 0.6) is 5.75 Å². The molecule has 0 N–H and O–H groups in total. The molecule has 1 heterocycles. The molecule has 0 amide bonds. The van der Waals surface area contributed by atoms with E-state index in [1.165, 1.54) is 25.7 Å². The molecule has 90 valence electrons. The molecule has 3 rings (SSSR count). The molecule has 1 aromatic carbocycles. The van der Waals surface area contributed by atoms with Crippen LogP contribution in [0.2, 0.25) is 5.02 Å². The van der Waals surface area contributed by atoms with E-state index in [0.29, 0.717) is 16.7 Å². The van der Waals surface area contributed by atoms with Crippen LogP contribution in [0, 0.1) is 0 Å². The maximum absolute atomic E-state index is 6.14. The maximum atomic E-state index is 6.14. The number of aromatic nitrogens is 1. The van der Waals surface area contributed by atoms with Crippen molar-refractivity contribution in [3.63, 3.8) is 0 Å². The van der Waals surface area contributed by atoms with Gasteiger partial charge in [-0.05, 0) is 18.9 Å². The summed E-state index contributed by atoms with van der Waals surface area (Å²) in [5.74, 6) is 1.16. The summed E-state index contributed by atoms with van der Waals surface area (Å²) < 4.78 is 10.5. The van der Waals surface area contributed by atoms with Gasteiger partial charge < -0.3 is 9.26 Å². The summed E-state index contributed by atoms with van der Waals surface area (Å²) in [4.78, 5) is 0. The van der Waals surface area contributed by atoms with E-state index in [0.717, 1.165) is 16.7 Å². The van der Waals surface area contributed by atoms with Gasteiger partial charge in [0.1, 0.15) is 5.75 Å². The fourth-order valence-electron chi connectivity index (χ4n) is 2.61. The summed E-state index contributed by atoms with van der Waals surface area (Å²) in [6.45, 7) is 0. The van der Waals surface area contributed by atoms with E-state index in [1.54, 1.807) is 7.11 Å². The van der Waals surface area contributed by atoms with Gasteiger partial charge >= 0.3 is 0 Å². The Bertz CT molecular complexity index is 544. The Morgan fingerprint density at radius 1 is 1.35 bits per heavy atom. The van der Waals surface area contributed by atoms with E-state index in [-0.39, 0.29) is 0 Å². The molecule has 17 heavy (non-hydrogen) atoms. The number of benzene rings is 1. The Labute approximate surface area is 105 Å². The monoisotopic (exact) mass is 251 g/mol. The second-order valence-electron chi connectivity index (χ2n) is 4.53. The summed E-state index contributed by atoms with van der Waals surface area (Å²) in [6, 6.07) is 3.71. The molecule has 0 unspecified atom stereocenters. The lowest BCUT2D eigenvalue weighted by Crippen LogP contribution is -1.92. The van der Waals surface area contributed by atoms with Crippen LogP contribution in [-0.4, -0.2) is 12.3 Å². The van der Waals surface area contributed by atoms with Crippen molar-refractivity contribution in [2.24, 2.45) is 0 Å². The molecule has 3 nitrogen and oxygen atoms in total. The predicted octanol–water partition coefficient (Wildman–Crippen LogP) is 4.15. The standard InChI is InChI=1S/C13H14ClNO2/c1-16-12-7-11-9(6-10(12)14)13(15-17-11)8-4-2-3-5-8/h6-8H,2-5H2,1H3. The lowest BCUT2D eigenvalue weighted by Gasteiger charge is -2.05. The summed E-state index contributed by atoms with van der Waals surface area (Å²) in [7, 11) is 1.60. The first kappa shape index (κ1) is 10.9. The highest BCUT2D eigenvalue weighted by atomic mass is 35.5. The van der Waals surface area contributed by atoms with Gasteiger partial charge in [-0.25, -0.2) is 0 Å². The van der Waals surface area contributed by atoms with Crippen molar-refractivity contribution >= 4 is 22.6 Å².